The Morgan fingerprint density at radius 1 is 1.11 bits per heavy atom. The summed E-state index contributed by atoms with van der Waals surface area (Å²) in [4.78, 5) is 0. The molecular weight excluding hydrogens is 242 g/mol. The molecule has 18 heavy (non-hydrogen) atoms. The number of thiocarbonyl (C=S) groups is 1. The lowest BCUT2D eigenvalue weighted by Crippen LogP contribution is -2.48. The molecule has 2 bridgehead atoms. The van der Waals surface area contributed by atoms with E-state index in [1.165, 1.54) is 12.0 Å². The van der Waals surface area contributed by atoms with Gasteiger partial charge >= 0.3 is 0 Å². The molecule has 2 nitrogen and oxygen atoms in total. The first-order valence-electron chi connectivity index (χ1n) is 6.53. The number of allylic oxidation sites excluding steroid dienone is 1. The number of hydrogen-bond acceptors (Lipinski definition) is 2. The number of fused-ring (bicyclic) bond motifs is 5. The van der Waals surface area contributed by atoms with Gasteiger partial charge in [0, 0.05) is 11.8 Å². The number of hydrogen-bond donors (Lipinski definition) is 1. The van der Waals surface area contributed by atoms with Crippen molar-refractivity contribution in [1.82, 2.24) is 5.32 Å². The van der Waals surface area contributed by atoms with Gasteiger partial charge in [-0.1, -0.05) is 42.5 Å². The van der Waals surface area contributed by atoms with E-state index in [2.05, 4.69) is 47.8 Å². The molecule has 0 radical (unpaired) electrons. The van der Waals surface area contributed by atoms with Crippen LogP contribution in [0.25, 0.3) is 0 Å². The summed E-state index contributed by atoms with van der Waals surface area (Å²) in [5.74, 6) is 1.72. The van der Waals surface area contributed by atoms with E-state index in [9.17, 15) is 0 Å². The van der Waals surface area contributed by atoms with Crippen molar-refractivity contribution in [3.05, 3.63) is 48.0 Å². The summed E-state index contributed by atoms with van der Waals surface area (Å²) >= 11 is 5.27. The van der Waals surface area contributed by atoms with Gasteiger partial charge in [0.15, 0.2) is 0 Å². The zero-order chi connectivity index (χ0) is 12.1. The van der Waals surface area contributed by atoms with Gasteiger partial charge in [-0.3, -0.25) is 0 Å². The molecule has 0 unspecified atom stereocenters. The third-order valence-electron chi connectivity index (χ3n) is 4.51. The molecule has 0 spiro atoms. The number of ether oxygens (including phenoxy) is 1. The molecule has 1 saturated heterocycles. The molecule has 0 aromatic heterocycles. The zero-order valence-corrected chi connectivity index (χ0v) is 10.8. The summed E-state index contributed by atoms with van der Waals surface area (Å²) < 4.78 is 5.86. The fraction of sp³-hybridized carbons (Fsp3) is 0.400. The van der Waals surface area contributed by atoms with Gasteiger partial charge in [0.05, 0.1) is 6.04 Å². The van der Waals surface area contributed by atoms with Crippen LogP contribution in [-0.4, -0.2) is 11.3 Å². The van der Waals surface area contributed by atoms with Gasteiger partial charge in [-0.25, -0.2) is 0 Å². The smallest absolute Gasteiger partial charge is 0.257 e. The third kappa shape index (κ3) is 1.43. The molecule has 1 heterocycles. The van der Waals surface area contributed by atoms with Crippen LogP contribution in [0.4, 0.5) is 0 Å². The Morgan fingerprint density at radius 3 is 2.72 bits per heavy atom. The Hall–Kier alpha value is -1.35. The van der Waals surface area contributed by atoms with E-state index in [0.717, 1.165) is 0 Å². The van der Waals surface area contributed by atoms with Crippen LogP contribution >= 0.6 is 12.2 Å². The van der Waals surface area contributed by atoms with E-state index >= 15 is 0 Å². The van der Waals surface area contributed by atoms with Crippen molar-refractivity contribution >= 4 is 17.4 Å². The predicted octanol–water partition coefficient (Wildman–Crippen LogP) is 2.82. The summed E-state index contributed by atoms with van der Waals surface area (Å²) in [5, 5.41) is 3.93. The van der Waals surface area contributed by atoms with Crippen molar-refractivity contribution in [2.75, 3.05) is 0 Å². The van der Waals surface area contributed by atoms with Crippen molar-refractivity contribution < 1.29 is 4.74 Å². The molecule has 1 saturated carbocycles. The quantitative estimate of drug-likeness (QED) is 0.617. The van der Waals surface area contributed by atoms with E-state index in [0.29, 0.717) is 29.0 Å². The molecule has 0 amide bonds. The molecule has 1 aliphatic heterocycles. The van der Waals surface area contributed by atoms with Crippen molar-refractivity contribution in [1.29, 1.82) is 0 Å². The first-order valence-corrected chi connectivity index (χ1v) is 6.94. The molecule has 1 aromatic rings. The summed E-state index contributed by atoms with van der Waals surface area (Å²) in [6.45, 7) is 0. The maximum absolute atomic E-state index is 5.86. The van der Waals surface area contributed by atoms with Gasteiger partial charge in [0.2, 0.25) is 0 Å². The van der Waals surface area contributed by atoms with Crippen LogP contribution in [0, 0.1) is 17.8 Å². The molecule has 3 heteroatoms. The first kappa shape index (κ1) is 10.6. The molecule has 5 atom stereocenters. The summed E-state index contributed by atoms with van der Waals surface area (Å²) in [6.07, 6.45) is 6.17. The Morgan fingerprint density at radius 2 is 1.89 bits per heavy atom. The van der Waals surface area contributed by atoms with E-state index in [1.54, 1.807) is 0 Å². The van der Waals surface area contributed by atoms with Crippen LogP contribution < -0.4 is 5.32 Å². The maximum atomic E-state index is 5.86. The minimum Gasteiger partial charge on any atom is -0.467 e. The Bertz CT molecular complexity index is 512. The highest BCUT2D eigenvalue weighted by Gasteiger charge is 2.52. The predicted molar refractivity (Wildman–Crippen MR) is 74.0 cm³/mol. The highest BCUT2D eigenvalue weighted by molar-refractivity contribution is 7.80. The normalized spacial score (nSPS) is 40.2. The lowest BCUT2D eigenvalue weighted by Gasteiger charge is -2.40. The molecule has 1 N–H and O–H groups in total. The highest BCUT2D eigenvalue weighted by atomic mass is 32.1. The topological polar surface area (TPSA) is 21.3 Å². The van der Waals surface area contributed by atoms with Crippen molar-refractivity contribution in [3.8, 4) is 0 Å². The fourth-order valence-electron chi connectivity index (χ4n) is 3.76. The molecular formula is C15H15NOS. The van der Waals surface area contributed by atoms with E-state index < -0.39 is 0 Å². The second-order valence-electron chi connectivity index (χ2n) is 5.43. The SMILES string of the molecule is S=C1N[C@@H](c2ccccc2)[C@@H]2[C@H](O1)[C@H]1C=C[C@@H]2C1. The van der Waals surface area contributed by atoms with E-state index in [1.807, 2.05) is 0 Å². The number of rotatable bonds is 1. The molecule has 92 valence electrons. The minimum absolute atomic E-state index is 0.277. The Kier molecular flexibility index (Phi) is 2.24. The van der Waals surface area contributed by atoms with Crippen molar-refractivity contribution in [3.63, 3.8) is 0 Å². The fourth-order valence-corrected chi connectivity index (χ4v) is 4.00. The Balaban J connectivity index is 1.74. The van der Waals surface area contributed by atoms with Gasteiger partial charge in [0.25, 0.3) is 5.17 Å². The van der Waals surface area contributed by atoms with Gasteiger partial charge in [-0.2, -0.15) is 0 Å². The molecule has 1 aromatic carbocycles. The number of benzene rings is 1. The average Bonchev–Trinajstić information content (AvgIpc) is 3.00. The second kappa shape index (κ2) is 3.82. The van der Waals surface area contributed by atoms with Crippen LogP contribution in [0.2, 0.25) is 0 Å². The summed E-state index contributed by atoms with van der Waals surface area (Å²) in [5.41, 5.74) is 1.32. The van der Waals surface area contributed by atoms with Gasteiger partial charge in [-0.15, -0.1) is 0 Å². The Labute approximate surface area is 112 Å². The van der Waals surface area contributed by atoms with Gasteiger partial charge < -0.3 is 10.1 Å². The summed E-state index contributed by atoms with van der Waals surface area (Å²) in [6, 6.07) is 10.9. The van der Waals surface area contributed by atoms with E-state index in [-0.39, 0.29) is 6.10 Å². The summed E-state index contributed by atoms with van der Waals surface area (Å²) in [7, 11) is 0. The van der Waals surface area contributed by atoms with Crippen LogP contribution in [0.15, 0.2) is 42.5 Å². The first-order chi connectivity index (χ1) is 8.83. The van der Waals surface area contributed by atoms with Crippen LogP contribution in [0.5, 0.6) is 0 Å². The lowest BCUT2D eigenvalue weighted by molar-refractivity contribution is 0.0580. The van der Waals surface area contributed by atoms with Crippen LogP contribution in [0.1, 0.15) is 18.0 Å². The van der Waals surface area contributed by atoms with Crippen molar-refractivity contribution in [2.45, 2.75) is 18.6 Å². The minimum atomic E-state index is 0.277. The zero-order valence-electron chi connectivity index (χ0n) is 9.95. The molecule has 2 fully saturated rings. The average molecular weight is 257 g/mol. The molecule has 3 aliphatic rings. The highest BCUT2D eigenvalue weighted by Crippen LogP contribution is 2.51. The molecule has 4 rings (SSSR count). The lowest BCUT2D eigenvalue weighted by atomic mass is 9.80. The maximum Gasteiger partial charge on any atom is 0.257 e. The van der Waals surface area contributed by atoms with E-state index in [4.69, 9.17) is 17.0 Å². The second-order valence-corrected chi connectivity index (χ2v) is 5.80. The van der Waals surface area contributed by atoms with Gasteiger partial charge in [-0.05, 0) is 30.1 Å². The number of nitrogens with one attached hydrogen (secondary N) is 1. The van der Waals surface area contributed by atoms with Crippen LogP contribution in [0.3, 0.4) is 0 Å². The third-order valence-corrected chi connectivity index (χ3v) is 4.72. The molecule has 2 aliphatic carbocycles. The van der Waals surface area contributed by atoms with Gasteiger partial charge in [0.1, 0.15) is 6.10 Å². The van der Waals surface area contributed by atoms with Crippen LogP contribution in [-0.2, 0) is 4.74 Å². The standard InChI is InChI=1S/C15H15NOS/c18-15-16-13(9-4-2-1-3-5-9)12-10-6-7-11(8-10)14(12)17-15/h1-7,10-14H,8H2,(H,16,18)/t10-,11+,12-,13+,14-/m1/s1. The van der Waals surface area contributed by atoms with Crippen molar-refractivity contribution in [2.24, 2.45) is 17.8 Å². The monoisotopic (exact) mass is 257 g/mol. The largest absolute Gasteiger partial charge is 0.467 e.